The van der Waals surface area contributed by atoms with Crippen molar-refractivity contribution in [1.82, 2.24) is 19.9 Å². The van der Waals surface area contributed by atoms with Gasteiger partial charge in [-0.05, 0) is 44.4 Å². The molecular weight excluding hydrogens is 448 g/mol. The minimum absolute atomic E-state index is 0.0219. The molecule has 5 rings (SSSR count). The molecule has 34 heavy (non-hydrogen) atoms. The Morgan fingerprint density at radius 1 is 1.18 bits per heavy atom. The number of methoxy groups -OCH3 is 1. The number of aromatic nitrogens is 3. The summed E-state index contributed by atoms with van der Waals surface area (Å²) in [6, 6.07) is 13.4. The average molecular weight is 475 g/mol. The monoisotopic (exact) mass is 474 g/mol. The van der Waals surface area contributed by atoms with Gasteiger partial charge in [-0.25, -0.2) is 9.97 Å². The fourth-order valence-electron chi connectivity index (χ4n) is 4.35. The molecule has 0 spiro atoms. The molecule has 1 aromatic carbocycles. The molecule has 1 saturated heterocycles. The van der Waals surface area contributed by atoms with Gasteiger partial charge in [0.25, 0.3) is 5.91 Å². The number of para-hydroxylation sites is 1. The van der Waals surface area contributed by atoms with E-state index in [9.17, 15) is 4.79 Å². The van der Waals surface area contributed by atoms with E-state index in [1.807, 2.05) is 54.3 Å². The van der Waals surface area contributed by atoms with Crippen molar-refractivity contribution in [2.24, 2.45) is 0 Å². The van der Waals surface area contributed by atoms with Crippen molar-refractivity contribution in [3.8, 4) is 16.5 Å². The summed E-state index contributed by atoms with van der Waals surface area (Å²) in [4.78, 5) is 29.7. The van der Waals surface area contributed by atoms with Gasteiger partial charge in [0.05, 0.1) is 24.7 Å². The van der Waals surface area contributed by atoms with E-state index in [-0.39, 0.29) is 11.9 Å². The first-order valence-corrected chi connectivity index (χ1v) is 12.2. The van der Waals surface area contributed by atoms with Crippen LogP contribution in [0.1, 0.15) is 57.9 Å². The van der Waals surface area contributed by atoms with E-state index in [0.717, 1.165) is 52.7 Å². The predicted molar refractivity (Wildman–Crippen MR) is 130 cm³/mol. The highest BCUT2D eigenvalue weighted by molar-refractivity contribution is 7.17. The Hall–Kier alpha value is -3.52. The van der Waals surface area contributed by atoms with E-state index in [0.29, 0.717) is 23.7 Å². The first-order chi connectivity index (χ1) is 16.6. The fraction of sp³-hybridized carbons (Fsp3) is 0.308. The van der Waals surface area contributed by atoms with Gasteiger partial charge < -0.3 is 14.1 Å². The summed E-state index contributed by atoms with van der Waals surface area (Å²) in [6.07, 6.45) is 6.89. The number of oxazole rings is 1. The Morgan fingerprint density at radius 3 is 2.85 bits per heavy atom. The first-order valence-electron chi connectivity index (χ1n) is 11.4. The minimum atomic E-state index is -0.188. The van der Waals surface area contributed by atoms with Crippen molar-refractivity contribution in [2.75, 3.05) is 13.7 Å². The molecule has 3 aromatic heterocycles. The Labute approximate surface area is 202 Å². The van der Waals surface area contributed by atoms with E-state index in [4.69, 9.17) is 9.15 Å². The molecule has 0 saturated carbocycles. The van der Waals surface area contributed by atoms with Crippen molar-refractivity contribution in [1.29, 1.82) is 0 Å². The SMILES string of the molecule is COc1ccccc1Cc1cnc(C2CCCCN2C(=O)c2sc(-c3ccccn3)nc2C)o1. The number of carbonyl (C=O) groups excluding carboxylic acids is 1. The zero-order valence-electron chi connectivity index (χ0n) is 19.2. The van der Waals surface area contributed by atoms with Crippen LogP contribution in [0, 0.1) is 6.92 Å². The van der Waals surface area contributed by atoms with Gasteiger partial charge in [-0.3, -0.25) is 9.78 Å². The van der Waals surface area contributed by atoms with Crippen molar-refractivity contribution in [2.45, 2.75) is 38.6 Å². The second kappa shape index (κ2) is 9.77. The lowest BCUT2D eigenvalue weighted by molar-refractivity contribution is 0.0574. The highest BCUT2D eigenvalue weighted by atomic mass is 32.1. The Bertz CT molecular complexity index is 1280. The summed E-state index contributed by atoms with van der Waals surface area (Å²) in [7, 11) is 1.66. The highest BCUT2D eigenvalue weighted by Crippen LogP contribution is 2.35. The van der Waals surface area contributed by atoms with Crippen LogP contribution in [0.15, 0.2) is 59.3 Å². The van der Waals surface area contributed by atoms with Crippen molar-refractivity contribution in [3.63, 3.8) is 0 Å². The summed E-state index contributed by atoms with van der Waals surface area (Å²) in [5.41, 5.74) is 2.54. The standard InChI is InChI=1S/C26H26N4O3S/c1-17-23(34-25(29-17)20-10-5-7-13-27-20)26(31)30-14-8-6-11-21(30)24-28-16-19(33-24)15-18-9-3-4-12-22(18)32-2/h3-5,7,9-10,12-13,16,21H,6,8,11,14-15H2,1-2H3. The van der Waals surface area contributed by atoms with Crippen LogP contribution < -0.4 is 4.74 Å². The number of pyridine rings is 1. The maximum Gasteiger partial charge on any atom is 0.266 e. The second-order valence-corrected chi connectivity index (χ2v) is 9.31. The molecule has 1 fully saturated rings. The van der Waals surface area contributed by atoms with Crippen LogP contribution in [-0.2, 0) is 6.42 Å². The van der Waals surface area contributed by atoms with Crippen molar-refractivity contribution >= 4 is 17.2 Å². The number of thiazole rings is 1. The van der Waals surface area contributed by atoms with Gasteiger partial charge in [-0.1, -0.05) is 24.3 Å². The van der Waals surface area contributed by atoms with Crippen LogP contribution in [0.3, 0.4) is 0 Å². The molecule has 1 aliphatic heterocycles. The van der Waals surface area contributed by atoms with Crippen LogP contribution in [0.4, 0.5) is 0 Å². The summed E-state index contributed by atoms with van der Waals surface area (Å²) in [5, 5.41) is 0.755. The number of nitrogens with zero attached hydrogens (tertiary/aromatic N) is 4. The quantitative estimate of drug-likeness (QED) is 0.369. The van der Waals surface area contributed by atoms with Gasteiger partial charge in [0.15, 0.2) is 0 Å². The Balaban J connectivity index is 1.38. The van der Waals surface area contributed by atoms with Gasteiger partial charge in [0.1, 0.15) is 27.4 Å². The van der Waals surface area contributed by atoms with Crippen LogP contribution in [0.5, 0.6) is 5.75 Å². The molecule has 1 aliphatic rings. The van der Waals surface area contributed by atoms with Gasteiger partial charge >= 0.3 is 0 Å². The molecule has 0 radical (unpaired) electrons. The number of hydrogen-bond acceptors (Lipinski definition) is 7. The number of rotatable bonds is 6. The third kappa shape index (κ3) is 4.46. The second-order valence-electron chi connectivity index (χ2n) is 8.31. The average Bonchev–Trinajstić information content (AvgIpc) is 3.51. The molecular formula is C26H26N4O3S. The van der Waals surface area contributed by atoms with E-state index >= 15 is 0 Å². The summed E-state index contributed by atoms with van der Waals surface area (Å²) < 4.78 is 11.6. The summed E-state index contributed by atoms with van der Waals surface area (Å²) in [6.45, 7) is 2.55. The van der Waals surface area contributed by atoms with E-state index in [2.05, 4.69) is 15.0 Å². The largest absolute Gasteiger partial charge is 0.496 e. The number of aryl methyl sites for hydroxylation is 1. The molecule has 7 nitrogen and oxygen atoms in total. The van der Waals surface area contributed by atoms with E-state index in [1.165, 1.54) is 11.3 Å². The normalized spacial score (nSPS) is 15.9. The summed E-state index contributed by atoms with van der Waals surface area (Å²) in [5.74, 6) is 2.14. The molecule has 174 valence electrons. The molecule has 4 aromatic rings. The molecule has 0 N–H and O–H groups in total. The van der Waals surface area contributed by atoms with Gasteiger partial charge in [-0.15, -0.1) is 11.3 Å². The lowest BCUT2D eigenvalue weighted by Gasteiger charge is -2.33. The minimum Gasteiger partial charge on any atom is -0.496 e. The number of hydrogen-bond donors (Lipinski definition) is 0. The van der Waals surface area contributed by atoms with Gasteiger partial charge in [0, 0.05) is 24.7 Å². The maximum atomic E-state index is 13.6. The number of benzene rings is 1. The molecule has 1 amide bonds. The van der Waals surface area contributed by atoms with Crippen LogP contribution in [0.25, 0.3) is 10.7 Å². The van der Waals surface area contributed by atoms with Crippen molar-refractivity contribution in [3.05, 3.63) is 82.6 Å². The number of piperidine rings is 1. The maximum absolute atomic E-state index is 13.6. The van der Waals surface area contributed by atoms with E-state index in [1.54, 1.807) is 19.5 Å². The number of likely N-dealkylation sites (tertiary alicyclic amines) is 1. The molecule has 8 heteroatoms. The molecule has 4 heterocycles. The van der Waals surface area contributed by atoms with Crippen LogP contribution in [-0.4, -0.2) is 39.4 Å². The Morgan fingerprint density at radius 2 is 2.03 bits per heavy atom. The third-order valence-electron chi connectivity index (χ3n) is 6.05. The first kappa shape index (κ1) is 22.3. The smallest absolute Gasteiger partial charge is 0.266 e. The number of ether oxygens (including phenoxy) is 1. The van der Waals surface area contributed by atoms with Crippen LogP contribution in [0.2, 0.25) is 0 Å². The number of carbonyl (C=O) groups is 1. The lowest BCUT2D eigenvalue weighted by atomic mass is 10.0. The Kier molecular flexibility index (Phi) is 6.40. The topological polar surface area (TPSA) is 81.4 Å². The zero-order chi connectivity index (χ0) is 23.5. The molecule has 0 bridgehead atoms. The zero-order valence-corrected chi connectivity index (χ0v) is 20.0. The highest BCUT2D eigenvalue weighted by Gasteiger charge is 2.34. The predicted octanol–water partition coefficient (Wildman–Crippen LogP) is 5.47. The van der Waals surface area contributed by atoms with Gasteiger partial charge in [0.2, 0.25) is 5.89 Å². The number of amides is 1. The molecule has 1 unspecified atom stereocenters. The summed E-state index contributed by atoms with van der Waals surface area (Å²) >= 11 is 1.39. The molecule has 1 atom stereocenters. The molecule has 0 aliphatic carbocycles. The van der Waals surface area contributed by atoms with Crippen molar-refractivity contribution < 1.29 is 13.9 Å². The van der Waals surface area contributed by atoms with Crippen LogP contribution >= 0.6 is 11.3 Å². The lowest BCUT2D eigenvalue weighted by Crippen LogP contribution is -2.38. The third-order valence-corrected chi connectivity index (χ3v) is 7.22. The fourth-order valence-corrected chi connectivity index (χ4v) is 5.35. The van der Waals surface area contributed by atoms with E-state index < -0.39 is 0 Å². The van der Waals surface area contributed by atoms with Gasteiger partial charge in [-0.2, -0.15) is 0 Å².